The molecule has 4 heteroatoms. The molecule has 0 bridgehead atoms. The molecule has 0 unspecified atom stereocenters. The standard InChI is InChI=1S/C4H6O2.ClH.Na.H/c1-3(2)4(5)6;;;/h1H2,2H3,(H,5,6);1H;;/q;;+1;-1. The molecule has 0 saturated carbocycles. The van der Waals surface area contributed by atoms with Crippen LogP contribution in [0.15, 0.2) is 12.2 Å². The molecule has 0 saturated heterocycles. The van der Waals surface area contributed by atoms with Gasteiger partial charge in [0, 0.05) is 5.57 Å². The van der Waals surface area contributed by atoms with Crippen LogP contribution in [0.4, 0.5) is 0 Å². The van der Waals surface area contributed by atoms with Gasteiger partial charge in [0.25, 0.3) is 0 Å². The van der Waals surface area contributed by atoms with Crippen molar-refractivity contribution in [3.05, 3.63) is 12.2 Å². The number of halogens is 1. The van der Waals surface area contributed by atoms with Gasteiger partial charge in [-0.25, -0.2) is 4.79 Å². The van der Waals surface area contributed by atoms with Crippen LogP contribution in [-0.2, 0) is 4.79 Å². The van der Waals surface area contributed by atoms with E-state index in [9.17, 15) is 4.79 Å². The zero-order chi connectivity index (χ0) is 5.15. The van der Waals surface area contributed by atoms with E-state index >= 15 is 0 Å². The Labute approximate surface area is 78.2 Å². The molecule has 0 amide bonds. The van der Waals surface area contributed by atoms with Crippen molar-refractivity contribution in [3.8, 4) is 0 Å². The Kier molecular flexibility index (Phi) is 14.8. The van der Waals surface area contributed by atoms with Crippen molar-refractivity contribution in [3.63, 3.8) is 0 Å². The molecule has 0 aromatic carbocycles. The van der Waals surface area contributed by atoms with Crippen LogP contribution in [0.25, 0.3) is 0 Å². The van der Waals surface area contributed by atoms with Crippen molar-refractivity contribution in [2.24, 2.45) is 0 Å². The summed E-state index contributed by atoms with van der Waals surface area (Å²) in [4.78, 5) is 9.60. The Balaban J connectivity index is -0.0000000417. The summed E-state index contributed by atoms with van der Waals surface area (Å²) < 4.78 is 0. The van der Waals surface area contributed by atoms with Crippen molar-refractivity contribution in [1.29, 1.82) is 0 Å². The quantitative estimate of drug-likeness (QED) is 0.350. The van der Waals surface area contributed by atoms with E-state index in [0.717, 1.165) is 0 Å². The predicted molar refractivity (Wildman–Crippen MR) is 30.8 cm³/mol. The van der Waals surface area contributed by atoms with Gasteiger partial charge in [0.2, 0.25) is 0 Å². The van der Waals surface area contributed by atoms with Crippen LogP contribution in [-0.4, -0.2) is 11.1 Å². The molecule has 0 spiro atoms. The first kappa shape index (κ1) is 15.8. The van der Waals surface area contributed by atoms with E-state index < -0.39 is 5.97 Å². The molecular weight excluding hydrogens is 138 g/mol. The molecule has 0 atom stereocenters. The Morgan fingerprint density at radius 3 is 1.88 bits per heavy atom. The van der Waals surface area contributed by atoms with Gasteiger partial charge in [0.15, 0.2) is 0 Å². The van der Waals surface area contributed by atoms with Crippen molar-refractivity contribution >= 4 is 18.4 Å². The van der Waals surface area contributed by atoms with Gasteiger partial charge in [-0.3, -0.25) is 0 Å². The molecule has 0 aliphatic carbocycles. The molecule has 0 aliphatic rings. The number of carboxylic acid groups (broad SMARTS) is 1. The topological polar surface area (TPSA) is 37.3 Å². The molecule has 0 aromatic heterocycles. The van der Waals surface area contributed by atoms with E-state index in [0.29, 0.717) is 0 Å². The fourth-order valence-corrected chi connectivity index (χ4v) is 0. The maximum Gasteiger partial charge on any atom is 1.00 e. The minimum atomic E-state index is -0.935. The maximum absolute atomic E-state index is 9.60. The number of rotatable bonds is 1. The van der Waals surface area contributed by atoms with Crippen LogP contribution in [0.1, 0.15) is 8.35 Å². The van der Waals surface area contributed by atoms with Crippen LogP contribution in [0.3, 0.4) is 0 Å². The van der Waals surface area contributed by atoms with E-state index in [2.05, 4.69) is 6.58 Å². The van der Waals surface area contributed by atoms with Gasteiger partial charge < -0.3 is 6.53 Å². The predicted octanol–water partition coefficient (Wildman–Crippen LogP) is -1.81. The smallest absolute Gasteiger partial charge is 1.00 e. The molecule has 8 heavy (non-hydrogen) atoms. The van der Waals surface area contributed by atoms with Crippen molar-refractivity contribution in [2.45, 2.75) is 6.92 Å². The molecule has 2 nitrogen and oxygen atoms in total. The number of aliphatic carboxylic acids is 1. The molecule has 1 N–H and O–H groups in total. The first-order chi connectivity index (χ1) is 2.64. The minimum absolute atomic E-state index is 0. The molecule has 0 fully saturated rings. The van der Waals surface area contributed by atoms with Gasteiger partial charge >= 0.3 is 35.5 Å². The fourth-order valence-electron chi connectivity index (χ4n) is 0. The number of carbonyl (C=O) groups is 1. The summed E-state index contributed by atoms with van der Waals surface area (Å²) in [6.07, 6.45) is 0. The second-order valence-electron chi connectivity index (χ2n) is 1.09. The first-order valence-corrected chi connectivity index (χ1v) is 1.53. The zero-order valence-electron chi connectivity index (χ0n) is 5.97. The third-order valence-corrected chi connectivity index (χ3v) is 0.365. The normalized spacial score (nSPS) is 5.62. The largest absolute Gasteiger partial charge is 1.00 e. The van der Waals surface area contributed by atoms with Crippen LogP contribution >= 0.6 is 12.4 Å². The van der Waals surface area contributed by atoms with E-state index in [1.165, 1.54) is 6.92 Å². The summed E-state index contributed by atoms with van der Waals surface area (Å²) in [5.74, 6) is -0.935. The van der Waals surface area contributed by atoms with E-state index in [4.69, 9.17) is 5.11 Å². The molecule has 44 valence electrons. The van der Waals surface area contributed by atoms with Gasteiger partial charge in [0.1, 0.15) is 0 Å². The number of hydrogen-bond donors (Lipinski definition) is 1. The van der Waals surface area contributed by atoms with E-state index in [1.807, 2.05) is 0 Å². The minimum Gasteiger partial charge on any atom is -1.00 e. The summed E-state index contributed by atoms with van der Waals surface area (Å²) >= 11 is 0. The second kappa shape index (κ2) is 7.50. The van der Waals surface area contributed by atoms with Gasteiger partial charge in [-0.15, -0.1) is 12.4 Å². The summed E-state index contributed by atoms with van der Waals surface area (Å²) in [6.45, 7) is 4.60. The second-order valence-corrected chi connectivity index (χ2v) is 1.09. The van der Waals surface area contributed by atoms with Crippen LogP contribution in [0.5, 0.6) is 0 Å². The summed E-state index contributed by atoms with van der Waals surface area (Å²) in [5.41, 5.74) is 0.176. The van der Waals surface area contributed by atoms with Crippen molar-refractivity contribution in [2.75, 3.05) is 0 Å². The third-order valence-electron chi connectivity index (χ3n) is 0.365. The molecule has 0 heterocycles. The Morgan fingerprint density at radius 1 is 1.75 bits per heavy atom. The Bertz CT molecular complexity index is 84.6. The third kappa shape index (κ3) is 9.71. The Morgan fingerprint density at radius 2 is 1.88 bits per heavy atom. The summed E-state index contributed by atoms with van der Waals surface area (Å²) in [7, 11) is 0. The average Bonchev–Trinajstić information content (AvgIpc) is 1.36. The van der Waals surface area contributed by atoms with Crippen LogP contribution < -0.4 is 29.6 Å². The van der Waals surface area contributed by atoms with Crippen molar-refractivity contribution in [1.82, 2.24) is 0 Å². The monoisotopic (exact) mass is 146 g/mol. The van der Waals surface area contributed by atoms with Crippen molar-refractivity contribution < 1.29 is 40.9 Å². The summed E-state index contributed by atoms with van der Waals surface area (Å²) in [6, 6.07) is 0. The van der Waals surface area contributed by atoms with Gasteiger partial charge in [-0.1, -0.05) is 6.58 Å². The SMILES string of the molecule is C=C(C)C(=O)O.Cl.[H-].[Na+]. The zero-order valence-corrected chi connectivity index (χ0v) is 7.79. The first-order valence-electron chi connectivity index (χ1n) is 1.53. The van der Waals surface area contributed by atoms with E-state index in [1.54, 1.807) is 0 Å². The summed E-state index contributed by atoms with van der Waals surface area (Å²) in [5, 5.41) is 7.89. The molecular formula is C4H8ClNaO2. The number of hydrogen-bond acceptors (Lipinski definition) is 1. The van der Waals surface area contributed by atoms with Gasteiger partial charge in [-0.2, -0.15) is 0 Å². The molecule has 0 rings (SSSR count). The maximum atomic E-state index is 9.60. The van der Waals surface area contributed by atoms with Crippen LogP contribution in [0.2, 0.25) is 0 Å². The number of carboxylic acids is 1. The Hall–Kier alpha value is 0.500. The molecule has 0 aliphatic heterocycles. The molecule has 0 radical (unpaired) electrons. The average molecular weight is 147 g/mol. The van der Waals surface area contributed by atoms with Crippen LogP contribution in [0, 0.1) is 0 Å². The van der Waals surface area contributed by atoms with Gasteiger partial charge in [-0.05, 0) is 6.92 Å². The fraction of sp³-hybridized carbons (Fsp3) is 0.250. The van der Waals surface area contributed by atoms with Gasteiger partial charge in [0.05, 0.1) is 0 Å². The molecule has 0 aromatic rings. The van der Waals surface area contributed by atoms with E-state index in [-0.39, 0.29) is 49.0 Å².